The van der Waals surface area contributed by atoms with Gasteiger partial charge in [-0.15, -0.1) is 0 Å². The van der Waals surface area contributed by atoms with Crippen molar-refractivity contribution in [2.24, 2.45) is 0 Å². The maximum Gasteiger partial charge on any atom is 0.416 e. The summed E-state index contributed by atoms with van der Waals surface area (Å²) in [6.07, 6.45) is 1.36. The molecular weight excluding hydrogens is 620 g/mol. The number of ether oxygens (including phenoxy) is 4. The molecule has 0 saturated heterocycles. The average molecular weight is 669 g/mol. The number of fused-ring (bicyclic) bond motifs is 1. The third-order valence-corrected chi connectivity index (χ3v) is 6.35. The van der Waals surface area contributed by atoms with Gasteiger partial charge in [-0.3, -0.25) is 4.90 Å². The largest absolute Gasteiger partial charge is 0.465 e. The van der Waals surface area contributed by atoms with E-state index in [2.05, 4.69) is 10.4 Å². The van der Waals surface area contributed by atoms with Crippen LogP contribution in [0.2, 0.25) is 0 Å². The molecule has 0 bridgehead atoms. The summed E-state index contributed by atoms with van der Waals surface area (Å²) in [5, 5.41) is 7.07. The molecule has 3 amide bonds. The van der Waals surface area contributed by atoms with Gasteiger partial charge in [0.1, 0.15) is 22.6 Å². The number of carbonyl (C=O) groups excluding carboxylic acids is 4. The Kier molecular flexibility index (Phi) is 11.7. The molecule has 0 spiro atoms. The van der Waals surface area contributed by atoms with Crippen LogP contribution >= 0.6 is 0 Å². The van der Waals surface area contributed by atoms with Crippen LogP contribution in [0.4, 0.5) is 20.2 Å². The Balaban J connectivity index is 1.97. The van der Waals surface area contributed by atoms with Crippen LogP contribution < -0.4 is 10.2 Å². The summed E-state index contributed by atoms with van der Waals surface area (Å²) in [7, 11) is 1.32. The molecule has 3 aromatic rings. The Morgan fingerprint density at radius 1 is 0.833 bits per heavy atom. The molecule has 0 radical (unpaired) electrons. The lowest BCUT2D eigenvalue weighted by Gasteiger charge is -2.31. The maximum absolute atomic E-state index is 13.6. The number of aromatic nitrogens is 3. The van der Waals surface area contributed by atoms with Gasteiger partial charge in [0.25, 0.3) is 0 Å². The van der Waals surface area contributed by atoms with Gasteiger partial charge in [0.05, 0.1) is 18.9 Å². The Bertz CT molecular complexity index is 1630. The topological polar surface area (TPSA) is 154 Å². The van der Waals surface area contributed by atoms with Gasteiger partial charge in [0.15, 0.2) is 5.65 Å². The van der Waals surface area contributed by atoms with E-state index in [1.165, 1.54) is 16.9 Å². The van der Waals surface area contributed by atoms with E-state index in [4.69, 9.17) is 23.9 Å². The minimum atomic E-state index is -0.824. The number of alkyl carbamates (subject to hydrolysis) is 1. The van der Waals surface area contributed by atoms with E-state index in [0.29, 0.717) is 22.3 Å². The molecular formula is C34H48N6O8. The molecule has 1 aromatic carbocycles. The number of aryl methyl sites for hydroxylation is 1. The van der Waals surface area contributed by atoms with E-state index in [1.807, 2.05) is 13.0 Å². The fraction of sp³-hybridized carbons (Fsp3) is 0.529. The highest BCUT2D eigenvalue weighted by molar-refractivity contribution is 5.93. The molecule has 48 heavy (non-hydrogen) atoms. The third-order valence-electron chi connectivity index (χ3n) is 6.35. The first kappa shape index (κ1) is 37.6. The highest BCUT2D eigenvalue weighted by atomic mass is 16.6. The van der Waals surface area contributed by atoms with Crippen molar-refractivity contribution < 1.29 is 38.1 Å². The number of hydrogen-bond donors (Lipinski definition) is 1. The van der Waals surface area contributed by atoms with Crippen LogP contribution in [0.1, 0.15) is 78.2 Å². The number of methoxy groups -OCH3 is 1. The van der Waals surface area contributed by atoms with Crippen molar-refractivity contribution in [3.63, 3.8) is 0 Å². The van der Waals surface area contributed by atoms with Crippen LogP contribution in [0, 0.1) is 6.92 Å². The van der Waals surface area contributed by atoms with Crippen molar-refractivity contribution in [2.75, 3.05) is 38.2 Å². The number of nitrogens with one attached hydrogen (secondary N) is 1. The molecule has 0 unspecified atom stereocenters. The van der Waals surface area contributed by atoms with Crippen LogP contribution in [-0.2, 0) is 18.9 Å². The summed E-state index contributed by atoms with van der Waals surface area (Å²) >= 11 is 0. The first-order valence-corrected chi connectivity index (χ1v) is 15.7. The van der Waals surface area contributed by atoms with E-state index >= 15 is 0 Å². The van der Waals surface area contributed by atoms with Gasteiger partial charge in [-0.1, -0.05) is 6.07 Å². The van der Waals surface area contributed by atoms with E-state index < -0.39 is 41.1 Å². The summed E-state index contributed by atoms with van der Waals surface area (Å²) in [6.45, 7) is 17.8. The monoisotopic (exact) mass is 668 g/mol. The van der Waals surface area contributed by atoms with E-state index in [-0.39, 0.29) is 32.0 Å². The molecule has 14 heteroatoms. The Morgan fingerprint density at radius 3 is 2.06 bits per heavy atom. The van der Waals surface area contributed by atoms with Crippen LogP contribution in [0.15, 0.2) is 36.7 Å². The Labute approximate surface area is 281 Å². The number of esters is 1. The van der Waals surface area contributed by atoms with Crippen molar-refractivity contribution in [2.45, 2.75) is 86.0 Å². The zero-order valence-electron chi connectivity index (χ0n) is 29.8. The molecule has 3 rings (SSSR count). The smallest absolute Gasteiger partial charge is 0.416 e. The predicted octanol–water partition coefficient (Wildman–Crippen LogP) is 5.99. The predicted molar refractivity (Wildman–Crippen MR) is 180 cm³/mol. The number of amides is 3. The van der Waals surface area contributed by atoms with Crippen molar-refractivity contribution in [3.8, 4) is 11.1 Å². The van der Waals surface area contributed by atoms with Crippen molar-refractivity contribution >= 4 is 35.7 Å². The zero-order chi connectivity index (χ0) is 36.0. The molecule has 0 aliphatic rings. The van der Waals surface area contributed by atoms with Gasteiger partial charge in [0.2, 0.25) is 0 Å². The lowest BCUT2D eigenvalue weighted by atomic mass is 10.0. The summed E-state index contributed by atoms with van der Waals surface area (Å²) in [4.78, 5) is 58.9. The first-order chi connectivity index (χ1) is 22.2. The lowest BCUT2D eigenvalue weighted by Crippen LogP contribution is -2.47. The van der Waals surface area contributed by atoms with Crippen LogP contribution in [0.25, 0.3) is 16.8 Å². The molecule has 0 aliphatic heterocycles. The standard InChI is InChI=1S/C34H48N6O8/c1-22-18-23(20-24(19-22)28(41)45-11)25-21-36-40-14-12-26(37-27(25)40)39(31(44)48-34(8,9)10)17-16-38(30(43)47-33(5,6)7)15-13-35-29(42)46-32(2,3)4/h12,14,18-21H,13,15-17H2,1-11H3,(H,35,42). The van der Waals surface area contributed by atoms with Gasteiger partial charge in [-0.25, -0.2) is 28.7 Å². The fourth-order valence-electron chi connectivity index (χ4n) is 4.45. The molecule has 0 aliphatic carbocycles. The van der Waals surface area contributed by atoms with Gasteiger partial charge >= 0.3 is 24.2 Å². The van der Waals surface area contributed by atoms with Gasteiger partial charge in [0, 0.05) is 37.9 Å². The van der Waals surface area contributed by atoms with Crippen molar-refractivity contribution in [1.82, 2.24) is 24.8 Å². The van der Waals surface area contributed by atoms with Crippen LogP contribution in [0.3, 0.4) is 0 Å². The summed E-state index contributed by atoms with van der Waals surface area (Å²) in [5.41, 5.74) is 0.653. The second kappa shape index (κ2) is 14.9. The Hall–Kier alpha value is -4.88. The fourth-order valence-corrected chi connectivity index (χ4v) is 4.45. The third kappa shape index (κ3) is 11.1. The van der Waals surface area contributed by atoms with Gasteiger partial charge in [-0.05, 0) is 98.6 Å². The lowest BCUT2D eigenvalue weighted by molar-refractivity contribution is 0.0239. The quantitative estimate of drug-likeness (QED) is 0.212. The van der Waals surface area contributed by atoms with E-state index in [1.54, 1.807) is 97.4 Å². The maximum atomic E-state index is 13.6. The van der Waals surface area contributed by atoms with Crippen LogP contribution in [0.5, 0.6) is 0 Å². The molecule has 262 valence electrons. The van der Waals surface area contributed by atoms with Crippen molar-refractivity contribution in [3.05, 3.63) is 47.8 Å². The molecule has 14 nitrogen and oxygen atoms in total. The van der Waals surface area contributed by atoms with Gasteiger partial charge < -0.3 is 29.2 Å². The molecule has 2 aromatic heterocycles. The highest BCUT2D eigenvalue weighted by Crippen LogP contribution is 2.28. The van der Waals surface area contributed by atoms with E-state index in [9.17, 15) is 19.2 Å². The average Bonchev–Trinajstić information content (AvgIpc) is 3.36. The number of anilines is 1. The highest BCUT2D eigenvalue weighted by Gasteiger charge is 2.28. The van der Waals surface area contributed by atoms with E-state index in [0.717, 1.165) is 5.56 Å². The number of rotatable bonds is 9. The molecule has 0 atom stereocenters. The molecule has 0 fully saturated rings. The normalized spacial score (nSPS) is 11.9. The molecule has 1 N–H and O–H groups in total. The number of benzene rings is 1. The number of nitrogens with zero attached hydrogens (tertiary/aromatic N) is 5. The summed E-state index contributed by atoms with van der Waals surface area (Å²) in [6, 6.07) is 6.93. The first-order valence-electron chi connectivity index (χ1n) is 15.7. The number of carbonyl (C=O) groups is 4. The molecule has 2 heterocycles. The van der Waals surface area contributed by atoms with Crippen LogP contribution in [-0.4, -0.2) is 93.8 Å². The minimum absolute atomic E-state index is 0.0174. The number of hydrogen-bond acceptors (Lipinski definition) is 10. The summed E-state index contributed by atoms with van der Waals surface area (Å²) < 4.78 is 23.1. The molecule has 0 saturated carbocycles. The zero-order valence-corrected chi connectivity index (χ0v) is 29.8. The van der Waals surface area contributed by atoms with Crippen molar-refractivity contribution in [1.29, 1.82) is 0 Å². The second-order valence-corrected chi connectivity index (χ2v) is 14.2. The summed E-state index contributed by atoms with van der Waals surface area (Å²) in [5.74, 6) is -0.229. The Morgan fingerprint density at radius 2 is 1.46 bits per heavy atom. The minimum Gasteiger partial charge on any atom is -0.465 e. The second-order valence-electron chi connectivity index (χ2n) is 14.2. The van der Waals surface area contributed by atoms with Gasteiger partial charge in [-0.2, -0.15) is 5.10 Å². The SMILES string of the molecule is COC(=O)c1cc(C)cc(-c2cnn3ccc(N(CCN(CCNC(=O)OC(C)(C)C)C(=O)OC(C)(C)C)C(=O)OC(C)(C)C)nc23)c1.